The molecule has 174 valence electrons. The molecule has 3 rings (SSSR count). The summed E-state index contributed by atoms with van der Waals surface area (Å²) in [6.45, 7) is 0.280. The van der Waals surface area contributed by atoms with Gasteiger partial charge in [-0.15, -0.1) is 13.2 Å². The third kappa shape index (κ3) is 6.57. The van der Waals surface area contributed by atoms with E-state index in [9.17, 15) is 23.2 Å². The first kappa shape index (κ1) is 23.8. The van der Waals surface area contributed by atoms with Crippen molar-refractivity contribution >= 4 is 23.2 Å². The molecule has 33 heavy (non-hydrogen) atoms. The molecule has 2 aromatic carbocycles. The van der Waals surface area contributed by atoms with Gasteiger partial charge in [-0.1, -0.05) is 12.1 Å². The normalized spacial score (nSPS) is 11.1. The van der Waals surface area contributed by atoms with Crippen LogP contribution in [0.3, 0.4) is 0 Å². The Morgan fingerprint density at radius 3 is 2.36 bits per heavy atom. The molecule has 0 saturated heterocycles. The highest BCUT2D eigenvalue weighted by atomic mass is 19.4. The minimum absolute atomic E-state index is 0.103. The maximum Gasteiger partial charge on any atom is 0.573 e. The number of benzene rings is 2. The zero-order valence-electron chi connectivity index (χ0n) is 17.5. The number of aromatic nitrogens is 1. The topological polar surface area (TPSA) is 101 Å². The number of ether oxygens (including phenoxy) is 2. The lowest BCUT2D eigenvalue weighted by Crippen LogP contribution is -2.74. The fraction of sp³-hybridized carbons (Fsp3) is 0.182. The third-order valence-electron chi connectivity index (χ3n) is 4.55. The zero-order chi connectivity index (χ0) is 23.8. The van der Waals surface area contributed by atoms with E-state index in [2.05, 4.69) is 15.0 Å². The van der Waals surface area contributed by atoms with E-state index in [1.54, 1.807) is 19.2 Å². The van der Waals surface area contributed by atoms with Crippen molar-refractivity contribution in [3.63, 3.8) is 0 Å². The fourth-order valence-corrected chi connectivity index (χ4v) is 3.01. The summed E-state index contributed by atoms with van der Waals surface area (Å²) in [5.74, 6) is 0.391. The molecule has 0 radical (unpaired) electrons. The summed E-state index contributed by atoms with van der Waals surface area (Å²) in [6, 6.07) is 14.7. The maximum absolute atomic E-state index is 13.1. The average Bonchev–Trinajstić information content (AvgIpc) is 2.80. The molecule has 0 bridgehead atoms. The van der Waals surface area contributed by atoms with E-state index < -0.39 is 18.1 Å². The van der Waals surface area contributed by atoms with E-state index in [1.165, 1.54) is 18.3 Å². The molecule has 8 nitrogen and oxygen atoms in total. The number of carbonyl (C=O) groups excluding carboxylic acids is 1. The molecule has 0 aliphatic heterocycles. The number of rotatable bonds is 8. The smallest absolute Gasteiger partial charge is 0.497 e. The van der Waals surface area contributed by atoms with Gasteiger partial charge in [-0.25, -0.2) is 19.9 Å². The van der Waals surface area contributed by atoms with Crippen LogP contribution in [0.15, 0.2) is 66.9 Å². The molecular formula is C22H22F3N4O4+. The van der Waals surface area contributed by atoms with Crippen LogP contribution in [0.5, 0.6) is 11.5 Å². The number of pyridine rings is 1. The highest BCUT2D eigenvalue weighted by molar-refractivity contribution is 6.00. The van der Waals surface area contributed by atoms with Crippen LogP contribution in [0.1, 0.15) is 5.56 Å². The van der Waals surface area contributed by atoms with E-state index in [0.29, 0.717) is 6.42 Å². The Kier molecular flexibility index (Phi) is 7.70. The minimum Gasteiger partial charge on any atom is -0.497 e. The Morgan fingerprint density at radius 1 is 1.09 bits per heavy atom. The van der Waals surface area contributed by atoms with Gasteiger partial charge in [-0.3, -0.25) is 0 Å². The molecule has 4 N–H and O–H groups in total. The van der Waals surface area contributed by atoms with Gasteiger partial charge in [0.1, 0.15) is 11.5 Å². The number of nitrogens with zero attached hydrogens (tertiary/aromatic N) is 2. The average molecular weight is 463 g/mol. The van der Waals surface area contributed by atoms with Gasteiger partial charge in [0.2, 0.25) is 11.5 Å². The molecule has 0 unspecified atom stereocenters. The van der Waals surface area contributed by atoms with Crippen LogP contribution in [-0.2, 0) is 6.42 Å². The summed E-state index contributed by atoms with van der Waals surface area (Å²) in [6.07, 6.45) is -2.87. The number of carbonyl (C=O) groups is 1. The van der Waals surface area contributed by atoms with E-state index in [-0.39, 0.29) is 23.7 Å². The second-order valence-electron chi connectivity index (χ2n) is 6.75. The van der Waals surface area contributed by atoms with Crippen molar-refractivity contribution in [2.45, 2.75) is 12.8 Å². The van der Waals surface area contributed by atoms with Crippen molar-refractivity contribution in [3.8, 4) is 11.5 Å². The molecule has 3 aromatic rings. The monoisotopic (exact) mass is 463 g/mol. The summed E-state index contributed by atoms with van der Waals surface area (Å²) in [5, 5.41) is 12.3. The minimum atomic E-state index is -4.83. The molecule has 0 aliphatic carbocycles. The van der Waals surface area contributed by atoms with Crippen LogP contribution in [-0.4, -0.2) is 36.2 Å². The molecule has 0 fully saturated rings. The van der Waals surface area contributed by atoms with Gasteiger partial charge in [0.05, 0.1) is 12.8 Å². The van der Waals surface area contributed by atoms with Crippen molar-refractivity contribution in [2.24, 2.45) is 0 Å². The number of quaternary nitrogens is 1. The first-order valence-corrected chi connectivity index (χ1v) is 9.80. The number of hydrogen-bond donors (Lipinski definition) is 3. The summed E-state index contributed by atoms with van der Waals surface area (Å²) < 4.78 is 46.4. The van der Waals surface area contributed by atoms with E-state index in [4.69, 9.17) is 4.74 Å². The lowest BCUT2D eigenvalue weighted by Gasteiger charge is -2.23. The van der Waals surface area contributed by atoms with Gasteiger partial charge in [0, 0.05) is 18.8 Å². The number of halogens is 3. The number of alkyl halides is 3. The Morgan fingerprint density at radius 2 is 1.76 bits per heavy atom. The van der Waals surface area contributed by atoms with Gasteiger partial charge in [0.15, 0.2) is 0 Å². The number of amides is 2. The van der Waals surface area contributed by atoms with Crippen LogP contribution in [0.4, 0.5) is 35.2 Å². The number of nitrogens with two attached hydrogens (primary N) is 1. The highest BCUT2D eigenvalue weighted by Gasteiger charge is 2.31. The van der Waals surface area contributed by atoms with Crippen LogP contribution in [0.25, 0.3) is 0 Å². The van der Waals surface area contributed by atoms with Crippen LogP contribution in [0.2, 0.25) is 0 Å². The molecule has 0 aliphatic rings. The molecular weight excluding hydrogens is 441 g/mol. The number of methoxy groups -OCH3 is 1. The highest BCUT2D eigenvalue weighted by Crippen LogP contribution is 2.30. The molecule has 0 saturated carbocycles. The fourth-order valence-electron chi connectivity index (χ4n) is 3.01. The first-order valence-electron chi connectivity index (χ1n) is 9.80. The van der Waals surface area contributed by atoms with Crippen molar-refractivity contribution in [1.29, 1.82) is 0 Å². The summed E-state index contributed by atoms with van der Waals surface area (Å²) in [5.41, 5.74) is 2.24. The van der Waals surface area contributed by atoms with Crippen molar-refractivity contribution in [1.82, 2.24) is 10.3 Å². The number of hydrogen-bond acceptors (Lipinski definition) is 5. The summed E-state index contributed by atoms with van der Waals surface area (Å²) in [4.78, 5) is 18.4. The van der Waals surface area contributed by atoms with Gasteiger partial charge in [0.25, 0.3) is 0 Å². The number of anilines is 2. The van der Waals surface area contributed by atoms with Gasteiger partial charge < -0.3 is 14.8 Å². The largest absolute Gasteiger partial charge is 0.573 e. The predicted octanol–water partition coefficient (Wildman–Crippen LogP) is 3.66. The Labute approximate surface area is 187 Å². The molecule has 1 heterocycles. The molecule has 0 atom stereocenters. The first-order chi connectivity index (χ1) is 15.8. The van der Waals surface area contributed by atoms with E-state index in [0.717, 1.165) is 33.8 Å². The zero-order valence-corrected chi connectivity index (χ0v) is 17.5. The second-order valence-corrected chi connectivity index (χ2v) is 6.75. The van der Waals surface area contributed by atoms with E-state index >= 15 is 0 Å². The van der Waals surface area contributed by atoms with Crippen molar-refractivity contribution in [3.05, 3.63) is 72.4 Å². The molecule has 2 amide bonds. The number of nitrogens with one attached hydrogen (secondary N) is 1. The molecule has 11 heteroatoms. The molecule has 0 spiro atoms. The third-order valence-corrected chi connectivity index (χ3v) is 4.55. The Balaban J connectivity index is 1.80. The Bertz CT molecular complexity index is 1060. The van der Waals surface area contributed by atoms with Gasteiger partial charge in [-0.05, 0) is 54.4 Å². The van der Waals surface area contributed by atoms with Crippen LogP contribution in [0, 0.1) is 0 Å². The second kappa shape index (κ2) is 10.7. The van der Waals surface area contributed by atoms with Crippen LogP contribution >= 0.6 is 0 Å². The summed E-state index contributed by atoms with van der Waals surface area (Å²) >= 11 is 0. The van der Waals surface area contributed by atoms with Crippen molar-refractivity contribution < 1.29 is 38.1 Å². The van der Waals surface area contributed by atoms with Gasteiger partial charge >= 0.3 is 12.4 Å². The van der Waals surface area contributed by atoms with Crippen LogP contribution < -0.4 is 25.2 Å². The van der Waals surface area contributed by atoms with E-state index in [1.807, 2.05) is 24.3 Å². The van der Waals surface area contributed by atoms with Crippen molar-refractivity contribution in [2.75, 3.05) is 18.6 Å². The Hall–Kier alpha value is -3.83. The van der Waals surface area contributed by atoms with Gasteiger partial charge in [-0.2, -0.15) is 5.48 Å². The SMILES string of the molecule is COc1ccc(CCNC(=O)N(c2ccc(OC(F)(F)F)cc2)c2ncccc2[NH2+]O)cc1. The molecule has 1 aromatic heterocycles. The quantitative estimate of drug-likeness (QED) is 0.443. The predicted molar refractivity (Wildman–Crippen MR) is 113 cm³/mol. The number of urea groups is 1. The lowest BCUT2D eigenvalue weighted by atomic mass is 10.1. The summed E-state index contributed by atoms with van der Waals surface area (Å²) in [7, 11) is 1.57. The standard InChI is InChI=1S/C22H21F3N4O4/c1-32-17-8-4-15(5-9-17)12-14-27-21(30)29(20-19(28-31)3-2-13-26-20)16-6-10-18(11-7-16)33-22(23,24)25/h2-11,13,28,31H,12,14H2,1H3,(H,27,30)/p+1. The maximum atomic E-state index is 13.1. The lowest BCUT2D eigenvalue weighted by molar-refractivity contribution is -0.825.